The predicted molar refractivity (Wildman–Crippen MR) is 75.4 cm³/mol. The van der Waals surface area contributed by atoms with E-state index in [1.807, 2.05) is 31.1 Å². The molecule has 1 aliphatic rings. The number of nitrogens with zero attached hydrogens (tertiary/aromatic N) is 1. The Bertz CT molecular complexity index is 442. The van der Waals surface area contributed by atoms with Crippen molar-refractivity contribution >= 4 is 28.9 Å². The van der Waals surface area contributed by atoms with E-state index in [0.717, 1.165) is 30.9 Å². The number of rotatable bonds is 3. The number of nitrogens with one attached hydrogen (secondary N) is 2. The van der Waals surface area contributed by atoms with Crippen LogP contribution in [-0.4, -0.2) is 33.1 Å². The van der Waals surface area contributed by atoms with E-state index in [0.29, 0.717) is 5.02 Å². The fourth-order valence-corrected chi connectivity index (χ4v) is 2.42. The van der Waals surface area contributed by atoms with Crippen LogP contribution in [0.15, 0.2) is 18.2 Å². The molecule has 4 nitrogen and oxygen atoms in total. The zero-order valence-electron chi connectivity index (χ0n) is 10.7. The second-order valence-electron chi connectivity index (χ2n) is 4.74. The normalized spacial score (nSPS) is 18.7. The Balaban J connectivity index is 2.05. The first-order valence-electron chi connectivity index (χ1n) is 6.06. The molecule has 0 bridgehead atoms. The minimum atomic E-state index is 0.0636. The molecule has 1 saturated heterocycles. The standard InChI is InChI=1S/C13H18ClN3O/c1-17(2)12-4-3-10(7-11(12)14)16-13(18)9-5-6-15-8-9/h3-4,7,9,15H,5-6,8H2,1-2H3,(H,16,18). The van der Waals surface area contributed by atoms with Crippen molar-refractivity contribution in [3.05, 3.63) is 23.2 Å². The molecule has 1 atom stereocenters. The Morgan fingerprint density at radius 2 is 2.28 bits per heavy atom. The van der Waals surface area contributed by atoms with Gasteiger partial charge in [-0.3, -0.25) is 4.79 Å². The van der Waals surface area contributed by atoms with E-state index in [-0.39, 0.29) is 11.8 Å². The van der Waals surface area contributed by atoms with Gasteiger partial charge < -0.3 is 15.5 Å². The second kappa shape index (κ2) is 5.59. The van der Waals surface area contributed by atoms with Gasteiger partial charge >= 0.3 is 0 Å². The summed E-state index contributed by atoms with van der Waals surface area (Å²) in [7, 11) is 3.87. The molecule has 1 aromatic rings. The lowest BCUT2D eigenvalue weighted by Crippen LogP contribution is -2.24. The lowest BCUT2D eigenvalue weighted by Gasteiger charge is -2.16. The van der Waals surface area contributed by atoms with Crippen molar-refractivity contribution in [1.29, 1.82) is 0 Å². The largest absolute Gasteiger partial charge is 0.376 e. The highest BCUT2D eigenvalue weighted by molar-refractivity contribution is 6.33. The van der Waals surface area contributed by atoms with E-state index in [1.165, 1.54) is 0 Å². The smallest absolute Gasteiger partial charge is 0.228 e. The van der Waals surface area contributed by atoms with Gasteiger partial charge in [-0.15, -0.1) is 0 Å². The first-order chi connectivity index (χ1) is 8.58. The number of carbonyl (C=O) groups excluding carboxylic acids is 1. The molecule has 2 rings (SSSR count). The number of hydrogen-bond donors (Lipinski definition) is 2. The topological polar surface area (TPSA) is 44.4 Å². The summed E-state index contributed by atoms with van der Waals surface area (Å²) in [5.41, 5.74) is 1.69. The van der Waals surface area contributed by atoms with Gasteiger partial charge in [-0.1, -0.05) is 11.6 Å². The van der Waals surface area contributed by atoms with E-state index in [4.69, 9.17) is 11.6 Å². The monoisotopic (exact) mass is 267 g/mol. The van der Waals surface area contributed by atoms with Crippen LogP contribution in [0.25, 0.3) is 0 Å². The summed E-state index contributed by atoms with van der Waals surface area (Å²) in [5, 5.41) is 6.73. The molecule has 1 aromatic carbocycles. The van der Waals surface area contributed by atoms with E-state index in [2.05, 4.69) is 10.6 Å². The van der Waals surface area contributed by atoms with Crippen LogP contribution in [0.2, 0.25) is 5.02 Å². The Labute approximate surface area is 112 Å². The molecule has 0 spiro atoms. The van der Waals surface area contributed by atoms with Crippen LogP contribution in [-0.2, 0) is 4.79 Å². The van der Waals surface area contributed by atoms with Crippen LogP contribution in [0.1, 0.15) is 6.42 Å². The summed E-state index contributed by atoms with van der Waals surface area (Å²) < 4.78 is 0. The number of carbonyl (C=O) groups is 1. The van der Waals surface area contributed by atoms with Crippen molar-refractivity contribution in [1.82, 2.24) is 5.32 Å². The Morgan fingerprint density at radius 1 is 1.50 bits per heavy atom. The molecule has 18 heavy (non-hydrogen) atoms. The Kier molecular flexibility index (Phi) is 4.09. The van der Waals surface area contributed by atoms with E-state index < -0.39 is 0 Å². The maximum absolute atomic E-state index is 11.9. The molecule has 5 heteroatoms. The first-order valence-corrected chi connectivity index (χ1v) is 6.44. The van der Waals surface area contributed by atoms with Gasteiger partial charge in [0, 0.05) is 26.3 Å². The third kappa shape index (κ3) is 2.94. The molecule has 2 N–H and O–H groups in total. The molecule has 1 fully saturated rings. The van der Waals surface area contributed by atoms with E-state index in [1.54, 1.807) is 6.07 Å². The molecular formula is C13H18ClN3O. The average molecular weight is 268 g/mol. The van der Waals surface area contributed by atoms with Crippen molar-refractivity contribution in [3.63, 3.8) is 0 Å². The lowest BCUT2D eigenvalue weighted by molar-refractivity contribution is -0.119. The zero-order chi connectivity index (χ0) is 13.1. The van der Waals surface area contributed by atoms with Crippen molar-refractivity contribution in [3.8, 4) is 0 Å². The summed E-state index contributed by atoms with van der Waals surface area (Å²) >= 11 is 6.16. The highest BCUT2D eigenvalue weighted by Crippen LogP contribution is 2.27. The van der Waals surface area contributed by atoms with Crippen LogP contribution < -0.4 is 15.5 Å². The zero-order valence-corrected chi connectivity index (χ0v) is 11.4. The van der Waals surface area contributed by atoms with Crippen LogP contribution in [0.3, 0.4) is 0 Å². The lowest BCUT2D eigenvalue weighted by atomic mass is 10.1. The fourth-order valence-electron chi connectivity index (χ4n) is 2.07. The highest BCUT2D eigenvalue weighted by Gasteiger charge is 2.22. The van der Waals surface area contributed by atoms with Crippen LogP contribution in [0, 0.1) is 5.92 Å². The van der Waals surface area contributed by atoms with Gasteiger partial charge in [0.1, 0.15) is 0 Å². The van der Waals surface area contributed by atoms with Gasteiger partial charge in [-0.2, -0.15) is 0 Å². The second-order valence-corrected chi connectivity index (χ2v) is 5.15. The van der Waals surface area contributed by atoms with Crippen LogP contribution >= 0.6 is 11.6 Å². The molecule has 0 saturated carbocycles. The minimum Gasteiger partial charge on any atom is -0.376 e. The Hall–Kier alpha value is -1.26. The van der Waals surface area contributed by atoms with Crippen LogP contribution in [0.4, 0.5) is 11.4 Å². The van der Waals surface area contributed by atoms with Gasteiger partial charge in [0.25, 0.3) is 0 Å². The van der Waals surface area contributed by atoms with Crippen molar-refractivity contribution < 1.29 is 4.79 Å². The quantitative estimate of drug-likeness (QED) is 0.880. The molecule has 0 aliphatic carbocycles. The molecule has 1 heterocycles. The van der Waals surface area contributed by atoms with Gasteiger partial charge in [0.05, 0.1) is 16.6 Å². The van der Waals surface area contributed by atoms with Gasteiger partial charge in [0.15, 0.2) is 0 Å². The number of hydrogen-bond acceptors (Lipinski definition) is 3. The maximum atomic E-state index is 11.9. The minimum absolute atomic E-state index is 0.0636. The summed E-state index contributed by atoms with van der Waals surface area (Å²) in [6.45, 7) is 1.67. The van der Waals surface area contributed by atoms with Crippen molar-refractivity contribution in [2.45, 2.75) is 6.42 Å². The van der Waals surface area contributed by atoms with Gasteiger partial charge in [-0.05, 0) is 31.2 Å². The average Bonchev–Trinajstić information content (AvgIpc) is 2.81. The fraction of sp³-hybridized carbons (Fsp3) is 0.462. The summed E-state index contributed by atoms with van der Waals surface area (Å²) in [6, 6.07) is 5.57. The molecule has 0 aromatic heterocycles. The maximum Gasteiger partial charge on any atom is 0.228 e. The summed E-state index contributed by atoms with van der Waals surface area (Å²) in [6.07, 6.45) is 0.898. The molecule has 1 aliphatic heterocycles. The molecular weight excluding hydrogens is 250 g/mol. The molecule has 98 valence electrons. The molecule has 1 unspecified atom stereocenters. The van der Waals surface area contributed by atoms with Crippen LogP contribution in [0.5, 0.6) is 0 Å². The third-order valence-electron chi connectivity index (χ3n) is 3.13. The van der Waals surface area contributed by atoms with Gasteiger partial charge in [-0.25, -0.2) is 0 Å². The number of halogens is 1. The highest BCUT2D eigenvalue weighted by atomic mass is 35.5. The van der Waals surface area contributed by atoms with Crippen molar-refractivity contribution in [2.24, 2.45) is 5.92 Å². The van der Waals surface area contributed by atoms with E-state index in [9.17, 15) is 4.79 Å². The molecule has 1 amide bonds. The number of benzene rings is 1. The SMILES string of the molecule is CN(C)c1ccc(NC(=O)C2CCNC2)cc1Cl. The first kappa shape index (κ1) is 13.2. The summed E-state index contributed by atoms with van der Waals surface area (Å²) in [4.78, 5) is 13.9. The third-order valence-corrected chi connectivity index (χ3v) is 3.43. The van der Waals surface area contributed by atoms with Gasteiger partial charge in [0.2, 0.25) is 5.91 Å². The number of anilines is 2. The molecule has 0 radical (unpaired) electrons. The van der Waals surface area contributed by atoms with Crippen molar-refractivity contribution in [2.75, 3.05) is 37.4 Å². The van der Waals surface area contributed by atoms with E-state index >= 15 is 0 Å². The predicted octanol–water partition coefficient (Wildman–Crippen LogP) is 1.95. The Morgan fingerprint density at radius 3 is 2.83 bits per heavy atom. The number of amides is 1. The summed E-state index contributed by atoms with van der Waals surface area (Å²) in [5.74, 6) is 0.131.